The van der Waals surface area contributed by atoms with Crippen LogP contribution in [0, 0.1) is 5.92 Å². The zero-order valence-electron chi connectivity index (χ0n) is 12.8. The van der Waals surface area contributed by atoms with Crippen LogP contribution in [0.25, 0.3) is 0 Å². The highest BCUT2D eigenvalue weighted by molar-refractivity contribution is 5.89. The Bertz CT molecular complexity index is 397. The van der Waals surface area contributed by atoms with Gasteiger partial charge in [0.15, 0.2) is 0 Å². The maximum absolute atomic E-state index is 12.2. The molecule has 1 rings (SSSR count). The summed E-state index contributed by atoms with van der Waals surface area (Å²) in [4.78, 5) is 36.4. The first-order valence-corrected chi connectivity index (χ1v) is 7.35. The van der Waals surface area contributed by atoms with Gasteiger partial charge in [-0.3, -0.25) is 9.69 Å². The van der Waals surface area contributed by atoms with Gasteiger partial charge in [-0.05, 0) is 25.2 Å². The zero-order chi connectivity index (χ0) is 16.0. The summed E-state index contributed by atoms with van der Waals surface area (Å²) in [6.45, 7) is 6.16. The molecule has 1 aliphatic rings. The summed E-state index contributed by atoms with van der Waals surface area (Å²) in [5.74, 6) is -1.03. The normalized spacial score (nSPS) is 19.4. The molecule has 0 aromatic heterocycles. The Kier molecular flexibility index (Phi) is 6.45. The number of carbonyl (C=O) groups is 3. The van der Waals surface area contributed by atoms with Gasteiger partial charge in [-0.2, -0.15) is 0 Å². The van der Waals surface area contributed by atoms with Crippen LogP contribution in [0.5, 0.6) is 0 Å². The van der Waals surface area contributed by atoms with Gasteiger partial charge < -0.3 is 15.2 Å². The molecule has 0 radical (unpaired) electrons. The molecule has 2 atom stereocenters. The van der Waals surface area contributed by atoms with Crippen molar-refractivity contribution in [2.24, 2.45) is 5.92 Å². The minimum absolute atomic E-state index is 0.127. The van der Waals surface area contributed by atoms with Crippen LogP contribution in [0.15, 0.2) is 0 Å². The van der Waals surface area contributed by atoms with E-state index >= 15 is 0 Å². The number of likely N-dealkylation sites (tertiary alicyclic amines) is 1. The van der Waals surface area contributed by atoms with Gasteiger partial charge in [0.05, 0.1) is 6.61 Å². The van der Waals surface area contributed by atoms with Crippen molar-refractivity contribution in [2.45, 2.75) is 52.1 Å². The minimum Gasteiger partial charge on any atom is -0.465 e. The second-order valence-electron chi connectivity index (χ2n) is 5.53. The average Bonchev–Trinajstić information content (AvgIpc) is 2.91. The highest BCUT2D eigenvalue weighted by Crippen LogP contribution is 2.18. The number of hydrogen-bond acceptors (Lipinski definition) is 4. The van der Waals surface area contributed by atoms with Gasteiger partial charge in [0, 0.05) is 6.54 Å². The van der Waals surface area contributed by atoms with E-state index < -0.39 is 30.1 Å². The van der Waals surface area contributed by atoms with E-state index in [1.807, 2.05) is 20.8 Å². The molecule has 2 unspecified atom stereocenters. The van der Waals surface area contributed by atoms with E-state index in [2.05, 4.69) is 5.32 Å². The topological polar surface area (TPSA) is 95.9 Å². The first-order valence-electron chi connectivity index (χ1n) is 7.35. The van der Waals surface area contributed by atoms with E-state index in [9.17, 15) is 14.4 Å². The van der Waals surface area contributed by atoms with Crippen molar-refractivity contribution in [3.8, 4) is 0 Å². The third-order valence-corrected chi connectivity index (χ3v) is 3.47. The SMILES string of the molecule is CCCOC(=O)C(NC(=O)C1CCCN1C(=O)O)C(C)C. The summed E-state index contributed by atoms with van der Waals surface area (Å²) in [7, 11) is 0. The molecule has 0 bridgehead atoms. The van der Waals surface area contributed by atoms with Crippen molar-refractivity contribution < 1.29 is 24.2 Å². The molecule has 120 valence electrons. The fraction of sp³-hybridized carbons (Fsp3) is 0.786. The zero-order valence-corrected chi connectivity index (χ0v) is 12.8. The quantitative estimate of drug-likeness (QED) is 0.719. The van der Waals surface area contributed by atoms with Gasteiger partial charge in [-0.1, -0.05) is 20.8 Å². The summed E-state index contributed by atoms with van der Waals surface area (Å²) in [6, 6.07) is -1.47. The van der Waals surface area contributed by atoms with Crippen LogP contribution in [0.2, 0.25) is 0 Å². The number of carbonyl (C=O) groups excluding carboxylic acids is 2. The Morgan fingerprint density at radius 2 is 2.05 bits per heavy atom. The maximum Gasteiger partial charge on any atom is 0.407 e. The van der Waals surface area contributed by atoms with Gasteiger partial charge in [0.2, 0.25) is 5.91 Å². The van der Waals surface area contributed by atoms with Crippen LogP contribution in [0.1, 0.15) is 40.0 Å². The van der Waals surface area contributed by atoms with E-state index in [0.717, 1.165) is 4.90 Å². The van der Waals surface area contributed by atoms with Gasteiger partial charge in [-0.15, -0.1) is 0 Å². The second kappa shape index (κ2) is 7.85. The molecule has 7 heteroatoms. The third kappa shape index (κ3) is 4.61. The number of nitrogens with one attached hydrogen (secondary N) is 1. The standard InChI is InChI=1S/C14H24N2O5/c1-4-8-21-13(18)11(9(2)3)15-12(17)10-6-5-7-16(10)14(19)20/h9-11H,4-8H2,1-3H3,(H,15,17)(H,19,20). The van der Waals surface area contributed by atoms with Crippen molar-refractivity contribution in [2.75, 3.05) is 13.2 Å². The van der Waals surface area contributed by atoms with Crippen molar-refractivity contribution in [3.63, 3.8) is 0 Å². The van der Waals surface area contributed by atoms with E-state index in [-0.39, 0.29) is 5.92 Å². The van der Waals surface area contributed by atoms with Crippen LogP contribution in [0.3, 0.4) is 0 Å². The minimum atomic E-state index is -1.11. The number of amides is 2. The van der Waals surface area contributed by atoms with Crippen molar-refractivity contribution >= 4 is 18.0 Å². The molecule has 1 heterocycles. The Morgan fingerprint density at radius 1 is 1.38 bits per heavy atom. The van der Waals surface area contributed by atoms with Crippen molar-refractivity contribution in [1.29, 1.82) is 0 Å². The lowest BCUT2D eigenvalue weighted by Gasteiger charge is -2.25. The molecule has 2 N–H and O–H groups in total. The van der Waals surface area contributed by atoms with Gasteiger partial charge in [-0.25, -0.2) is 9.59 Å². The predicted octanol–water partition coefficient (Wildman–Crippen LogP) is 1.22. The van der Waals surface area contributed by atoms with Crippen molar-refractivity contribution in [1.82, 2.24) is 10.2 Å². The fourth-order valence-electron chi connectivity index (χ4n) is 2.31. The number of rotatable bonds is 6. The molecule has 2 amide bonds. The molecule has 0 aliphatic carbocycles. The summed E-state index contributed by atoms with van der Waals surface area (Å²) >= 11 is 0. The molecule has 0 aromatic rings. The highest BCUT2D eigenvalue weighted by Gasteiger charge is 2.36. The molecule has 0 aromatic carbocycles. The third-order valence-electron chi connectivity index (χ3n) is 3.47. The summed E-state index contributed by atoms with van der Waals surface area (Å²) in [5, 5.41) is 11.7. The molecule has 0 saturated carbocycles. The number of ether oxygens (including phenoxy) is 1. The molecule has 21 heavy (non-hydrogen) atoms. The van der Waals surface area contributed by atoms with Crippen LogP contribution < -0.4 is 5.32 Å². The first kappa shape index (κ1) is 17.3. The second-order valence-corrected chi connectivity index (χ2v) is 5.53. The lowest BCUT2D eigenvalue weighted by Crippen LogP contribution is -2.52. The summed E-state index contributed by atoms with van der Waals surface area (Å²) in [6.07, 6.45) is 0.728. The number of hydrogen-bond donors (Lipinski definition) is 2. The van der Waals surface area contributed by atoms with E-state index in [4.69, 9.17) is 9.84 Å². The van der Waals surface area contributed by atoms with Gasteiger partial charge in [0.25, 0.3) is 0 Å². The Balaban J connectivity index is 2.68. The van der Waals surface area contributed by atoms with Crippen LogP contribution in [-0.2, 0) is 14.3 Å². The van der Waals surface area contributed by atoms with Crippen LogP contribution >= 0.6 is 0 Å². The predicted molar refractivity (Wildman–Crippen MR) is 75.8 cm³/mol. The van der Waals surface area contributed by atoms with Crippen LogP contribution in [-0.4, -0.2) is 53.2 Å². The molecule has 1 fully saturated rings. The van der Waals surface area contributed by atoms with Crippen LogP contribution in [0.4, 0.5) is 4.79 Å². The summed E-state index contributed by atoms with van der Waals surface area (Å²) < 4.78 is 5.07. The van der Waals surface area contributed by atoms with Gasteiger partial charge >= 0.3 is 12.1 Å². The number of carboxylic acid groups (broad SMARTS) is 1. The number of esters is 1. The van der Waals surface area contributed by atoms with E-state index in [1.165, 1.54) is 0 Å². The molecule has 1 aliphatic heterocycles. The lowest BCUT2D eigenvalue weighted by atomic mass is 10.0. The van der Waals surface area contributed by atoms with E-state index in [1.54, 1.807) is 0 Å². The average molecular weight is 300 g/mol. The van der Waals surface area contributed by atoms with Gasteiger partial charge in [0.1, 0.15) is 12.1 Å². The molecule has 7 nitrogen and oxygen atoms in total. The molecule has 0 spiro atoms. The molecule has 1 saturated heterocycles. The van der Waals surface area contributed by atoms with E-state index in [0.29, 0.717) is 32.4 Å². The van der Waals surface area contributed by atoms with Crippen molar-refractivity contribution in [3.05, 3.63) is 0 Å². The largest absolute Gasteiger partial charge is 0.465 e. The Labute approximate surface area is 124 Å². The highest BCUT2D eigenvalue weighted by atomic mass is 16.5. The first-order chi connectivity index (χ1) is 9.88. The fourth-order valence-corrected chi connectivity index (χ4v) is 2.31. The Hall–Kier alpha value is -1.79. The Morgan fingerprint density at radius 3 is 2.57 bits per heavy atom. The molecular weight excluding hydrogens is 276 g/mol. The maximum atomic E-state index is 12.2. The summed E-state index contributed by atoms with van der Waals surface area (Å²) in [5.41, 5.74) is 0. The lowest BCUT2D eigenvalue weighted by molar-refractivity contribution is -0.149. The number of nitrogens with zero attached hydrogens (tertiary/aromatic N) is 1. The molecular formula is C14H24N2O5. The monoisotopic (exact) mass is 300 g/mol. The smallest absolute Gasteiger partial charge is 0.407 e.